The molecule has 7 rings (SSSR count). The zero-order valence-corrected chi connectivity index (χ0v) is 32.5. The molecule has 292 valence electrons. The molecule has 3 aliphatic rings. The number of aliphatic hydroxyl groups is 1. The van der Waals surface area contributed by atoms with E-state index in [2.05, 4.69) is 5.32 Å². The van der Waals surface area contributed by atoms with E-state index in [1.807, 2.05) is 101 Å². The van der Waals surface area contributed by atoms with Crippen LogP contribution in [0, 0.1) is 13.8 Å². The summed E-state index contributed by atoms with van der Waals surface area (Å²) in [4.78, 5) is 16.6. The normalized spacial score (nSPS) is 20.1. The first-order valence-electron chi connectivity index (χ1n) is 19.0. The standard InChI is InChI=1S/C44H52N2O9/c1-26-19-30-20-31(22-47)45-37(35(30)38(48)39(26)50-6)34-21-32-36(42-41(53-25-54-42)27(2)40(32)52-24-29-15-11-8-12-16-29)33(46(34)43(49)55-44(3,4)5)17-18-51-23-28-13-9-7-10-14-28/h7-16,19,31,33-34,37,45,47-48H,17-18,20-25H2,1-6H3/t31-,33-,34-,37-/m0/s1. The van der Waals surface area contributed by atoms with Gasteiger partial charge in [-0.1, -0.05) is 66.7 Å². The number of nitrogens with zero attached hydrogens (tertiary/aromatic N) is 1. The highest BCUT2D eigenvalue weighted by atomic mass is 16.7. The molecule has 0 bridgehead atoms. The van der Waals surface area contributed by atoms with Crippen molar-refractivity contribution in [3.05, 3.63) is 111 Å². The Morgan fingerprint density at radius 3 is 2.25 bits per heavy atom. The number of aliphatic hydroxyl groups excluding tert-OH is 1. The summed E-state index contributed by atoms with van der Waals surface area (Å²) < 4.78 is 37.3. The number of nitrogens with one attached hydrogen (secondary N) is 1. The molecule has 55 heavy (non-hydrogen) atoms. The average molecular weight is 753 g/mol. The molecule has 4 aromatic rings. The molecule has 11 nitrogen and oxygen atoms in total. The van der Waals surface area contributed by atoms with Crippen LogP contribution in [0.3, 0.4) is 0 Å². The number of fused-ring (bicyclic) bond motifs is 4. The van der Waals surface area contributed by atoms with E-state index in [1.165, 1.54) is 7.11 Å². The van der Waals surface area contributed by atoms with Gasteiger partial charge in [-0.15, -0.1) is 0 Å². The number of ether oxygens (including phenoxy) is 6. The van der Waals surface area contributed by atoms with Gasteiger partial charge in [-0.05, 0) is 76.1 Å². The fraction of sp³-hybridized carbons (Fsp3) is 0.432. The zero-order chi connectivity index (χ0) is 38.9. The summed E-state index contributed by atoms with van der Waals surface area (Å²) in [5, 5.41) is 26.1. The molecule has 0 saturated carbocycles. The summed E-state index contributed by atoms with van der Waals surface area (Å²) in [5.74, 6) is 2.19. The van der Waals surface area contributed by atoms with E-state index in [1.54, 1.807) is 4.90 Å². The van der Waals surface area contributed by atoms with Crippen molar-refractivity contribution in [2.45, 2.75) is 96.9 Å². The van der Waals surface area contributed by atoms with Gasteiger partial charge in [0, 0.05) is 34.9 Å². The Morgan fingerprint density at radius 1 is 0.927 bits per heavy atom. The van der Waals surface area contributed by atoms with Crippen molar-refractivity contribution in [2.24, 2.45) is 0 Å². The number of hydrogen-bond acceptors (Lipinski definition) is 10. The summed E-state index contributed by atoms with van der Waals surface area (Å²) in [6.07, 6.45) is 0.654. The lowest BCUT2D eigenvalue weighted by Crippen LogP contribution is -2.57. The molecule has 3 heterocycles. The van der Waals surface area contributed by atoms with E-state index in [4.69, 9.17) is 28.4 Å². The number of aromatic hydroxyl groups is 1. The van der Waals surface area contributed by atoms with Gasteiger partial charge in [-0.25, -0.2) is 4.79 Å². The third-order valence-electron chi connectivity index (χ3n) is 10.6. The summed E-state index contributed by atoms with van der Waals surface area (Å²) in [5.41, 5.74) is 5.97. The zero-order valence-electron chi connectivity index (χ0n) is 32.5. The summed E-state index contributed by atoms with van der Waals surface area (Å²) in [7, 11) is 1.54. The van der Waals surface area contributed by atoms with Crippen molar-refractivity contribution in [3.8, 4) is 28.7 Å². The molecule has 4 aromatic carbocycles. The van der Waals surface area contributed by atoms with E-state index in [0.29, 0.717) is 67.6 Å². The second-order valence-corrected chi connectivity index (χ2v) is 15.6. The molecule has 3 N–H and O–H groups in total. The molecule has 4 atom stereocenters. The highest BCUT2D eigenvalue weighted by molar-refractivity contribution is 5.74. The Balaban J connectivity index is 1.41. The maximum Gasteiger partial charge on any atom is 0.411 e. The van der Waals surface area contributed by atoms with E-state index >= 15 is 0 Å². The molecule has 0 aliphatic carbocycles. The highest BCUT2D eigenvalue weighted by Crippen LogP contribution is 2.56. The maximum atomic E-state index is 14.8. The summed E-state index contributed by atoms with van der Waals surface area (Å²) >= 11 is 0. The third-order valence-corrected chi connectivity index (χ3v) is 10.6. The van der Waals surface area contributed by atoms with Crippen molar-refractivity contribution >= 4 is 6.09 Å². The van der Waals surface area contributed by atoms with E-state index < -0.39 is 29.8 Å². The average Bonchev–Trinajstić information content (AvgIpc) is 3.66. The monoisotopic (exact) mass is 752 g/mol. The fourth-order valence-electron chi connectivity index (χ4n) is 8.32. The van der Waals surface area contributed by atoms with Crippen LogP contribution in [0.4, 0.5) is 4.79 Å². The number of benzene rings is 4. The van der Waals surface area contributed by atoms with Crippen LogP contribution in [0.1, 0.15) is 83.8 Å². The Kier molecular flexibility index (Phi) is 11.2. The number of phenols is 1. The number of carbonyl (C=O) groups is 1. The lowest BCUT2D eigenvalue weighted by molar-refractivity contribution is -0.0132. The number of hydrogen-bond donors (Lipinski definition) is 3. The Labute approximate surface area is 323 Å². The number of carbonyl (C=O) groups excluding carboxylic acids is 1. The number of phenolic OH excluding ortho intramolecular Hbond substituents is 1. The van der Waals surface area contributed by atoms with Crippen LogP contribution in [0.15, 0.2) is 66.7 Å². The molecule has 0 radical (unpaired) electrons. The van der Waals surface area contributed by atoms with Crippen molar-refractivity contribution in [3.63, 3.8) is 0 Å². The minimum absolute atomic E-state index is 0.00601. The van der Waals surface area contributed by atoms with Gasteiger partial charge in [-0.3, -0.25) is 4.90 Å². The molecule has 11 heteroatoms. The summed E-state index contributed by atoms with van der Waals surface area (Å²) in [6, 6.07) is 19.7. The van der Waals surface area contributed by atoms with Crippen LogP contribution in [0.5, 0.6) is 28.7 Å². The molecule has 3 aliphatic heterocycles. The van der Waals surface area contributed by atoms with E-state index in [9.17, 15) is 15.0 Å². The van der Waals surface area contributed by atoms with Crippen LogP contribution in [-0.2, 0) is 35.5 Å². The number of rotatable bonds is 11. The fourth-order valence-corrected chi connectivity index (χ4v) is 8.32. The molecule has 0 fully saturated rings. The number of aryl methyl sites for hydroxylation is 1. The smallest absolute Gasteiger partial charge is 0.411 e. The Bertz CT molecular complexity index is 2000. The van der Waals surface area contributed by atoms with Gasteiger partial charge in [0.2, 0.25) is 6.79 Å². The largest absolute Gasteiger partial charge is 0.504 e. The molecule has 0 aromatic heterocycles. The van der Waals surface area contributed by atoms with Crippen LogP contribution in [0.25, 0.3) is 0 Å². The third kappa shape index (κ3) is 7.78. The van der Waals surface area contributed by atoms with Gasteiger partial charge in [0.05, 0.1) is 38.4 Å². The van der Waals surface area contributed by atoms with Gasteiger partial charge < -0.3 is 44.0 Å². The van der Waals surface area contributed by atoms with Crippen LogP contribution >= 0.6 is 0 Å². The van der Waals surface area contributed by atoms with Crippen molar-refractivity contribution < 1.29 is 43.4 Å². The highest BCUT2D eigenvalue weighted by Gasteiger charge is 2.49. The van der Waals surface area contributed by atoms with Gasteiger partial charge in [0.15, 0.2) is 23.0 Å². The minimum atomic E-state index is -0.816. The topological polar surface area (TPSA) is 128 Å². The summed E-state index contributed by atoms with van der Waals surface area (Å²) in [6.45, 7) is 10.3. The number of methoxy groups -OCH3 is 1. The van der Waals surface area contributed by atoms with Gasteiger partial charge in [0.1, 0.15) is 18.0 Å². The van der Waals surface area contributed by atoms with Crippen molar-refractivity contribution in [1.29, 1.82) is 0 Å². The quantitative estimate of drug-likeness (QED) is 0.134. The van der Waals surface area contributed by atoms with Gasteiger partial charge >= 0.3 is 6.09 Å². The first-order valence-corrected chi connectivity index (χ1v) is 19.0. The Morgan fingerprint density at radius 2 is 1.60 bits per heavy atom. The molecule has 0 unspecified atom stereocenters. The molecular formula is C44H52N2O9. The van der Waals surface area contributed by atoms with Crippen LogP contribution < -0.4 is 24.3 Å². The SMILES string of the molecule is COc1c(C)cc2c(c1O)[C@H]([C@@H]1Cc3c(OCc4ccccc4)c(C)c4c(c3[C@H](CCOCc3ccccc3)N1C(=O)OC(C)(C)C)OCO4)N[C@H](CO)C2. The lowest BCUT2D eigenvalue weighted by atomic mass is 9.77. The first kappa shape index (κ1) is 38.3. The van der Waals surface area contributed by atoms with Gasteiger partial charge in [-0.2, -0.15) is 0 Å². The molecular weight excluding hydrogens is 700 g/mol. The first-order chi connectivity index (χ1) is 26.5. The van der Waals surface area contributed by atoms with Crippen LogP contribution in [0.2, 0.25) is 0 Å². The maximum absolute atomic E-state index is 14.8. The second-order valence-electron chi connectivity index (χ2n) is 15.6. The van der Waals surface area contributed by atoms with E-state index in [0.717, 1.165) is 38.9 Å². The number of amides is 1. The molecule has 0 spiro atoms. The predicted molar refractivity (Wildman–Crippen MR) is 207 cm³/mol. The predicted octanol–water partition coefficient (Wildman–Crippen LogP) is 7.38. The van der Waals surface area contributed by atoms with Crippen LogP contribution in [-0.4, -0.2) is 66.0 Å². The van der Waals surface area contributed by atoms with Crippen molar-refractivity contribution in [1.82, 2.24) is 10.2 Å². The minimum Gasteiger partial charge on any atom is -0.504 e. The lowest BCUT2D eigenvalue weighted by Gasteiger charge is -2.49. The molecule has 0 saturated heterocycles. The van der Waals surface area contributed by atoms with E-state index in [-0.39, 0.29) is 25.2 Å². The molecule has 1 amide bonds. The van der Waals surface area contributed by atoms with Crippen molar-refractivity contribution in [2.75, 3.05) is 27.1 Å². The second kappa shape index (κ2) is 16.0. The van der Waals surface area contributed by atoms with Gasteiger partial charge in [0.25, 0.3) is 0 Å². The Hall–Kier alpha value is -4.97.